The highest BCUT2D eigenvalue weighted by atomic mass is 35.5. The maximum absolute atomic E-state index is 12.0. The van der Waals surface area contributed by atoms with Gasteiger partial charge in [0, 0.05) is 27.1 Å². The highest BCUT2D eigenvalue weighted by Crippen LogP contribution is 2.22. The topological polar surface area (TPSA) is 90.3 Å². The number of halogens is 1. The number of amides is 1. The van der Waals surface area contributed by atoms with Crippen LogP contribution in [0.1, 0.15) is 12.0 Å². The average molecular weight is 316 g/mol. The largest absolute Gasteiger partial charge is 0.349 e. The van der Waals surface area contributed by atoms with E-state index in [2.05, 4.69) is 4.72 Å². The second kappa shape index (κ2) is 6.70. The number of sulfonamides is 1. The van der Waals surface area contributed by atoms with Crippen molar-refractivity contribution in [2.75, 3.05) is 20.6 Å². The fourth-order valence-corrected chi connectivity index (χ4v) is 2.96. The molecular weight excluding hydrogens is 302 g/mol. The predicted octanol–water partition coefficient (Wildman–Crippen LogP) is 0.968. The molecule has 108 valence electrons. The molecule has 6 nitrogen and oxygen atoms in total. The first-order valence-electron chi connectivity index (χ1n) is 5.67. The molecule has 1 rings (SSSR count). The summed E-state index contributed by atoms with van der Waals surface area (Å²) in [6.45, 7) is -0.0182. The van der Waals surface area contributed by atoms with Crippen LogP contribution in [0.25, 0.3) is 0 Å². The number of rotatable bonds is 5. The molecular formula is C12H14ClN3O3S. The molecule has 0 aliphatic heterocycles. The zero-order valence-corrected chi connectivity index (χ0v) is 12.6. The molecule has 0 aromatic heterocycles. The number of nitrogens with zero attached hydrogens (tertiary/aromatic N) is 2. The van der Waals surface area contributed by atoms with Crippen molar-refractivity contribution in [1.82, 2.24) is 9.62 Å². The zero-order valence-electron chi connectivity index (χ0n) is 11.1. The third-order valence-electron chi connectivity index (χ3n) is 2.48. The van der Waals surface area contributed by atoms with Gasteiger partial charge in [-0.1, -0.05) is 11.6 Å². The summed E-state index contributed by atoms with van der Waals surface area (Å²) in [5.74, 6) is -0.182. The van der Waals surface area contributed by atoms with Crippen LogP contribution in [0.5, 0.6) is 0 Å². The first-order chi connectivity index (χ1) is 9.27. The van der Waals surface area contributed by atoms with Gasteiger partial charge in [-0.05, 0) is 18.2 Å². The Morgan fingerprint density at radius 1 is 1.45 bits per heavy atom. The van der Waals surface area contributed by atoms with Crippen molar-refractivity contribution >= 4 is 27.5 Å². The van der Waals surface area contributed by atoms with E-state index in [1.54, 1.807) is 14.1 Å². The van der Waals surface area contributed by atoms with Gasteiger partial charge in [-0.15, -0.1) is 0 Å². The van der Waals surface area contributed by atoms with Gasteiger partial charge in [0.25, 0.3) is 0 Å². The summed E-state index contributed by atoms with van der Waals surface area (Å²) in [7, 11) is -0.616. The third kappa shape index (κ3) is 4.20. The summed E-state index contributed by atoms with van der Waals surface area (Å²) < 4.78 is 26.3. The molecule has 0 unspecified atom stereocenters. The van der Waals surface area contributed by atoms with Crippen LogP contribution in [0, 0.1) is 11.3 Å². The van der Waals surface area contributed by atoms with Crippen LogP contribution < -0.4 is 4.72 Å². The van der Waals surface area contributed by atoms with Gasteiger partial charge in [0.05, 0.1) is 16.7 Å². The van der Waals surface area contributed by atoms with Crippen LogP contribution in [0.15, 0.2) is 23.1 Å². The summed E-state index contributed by atoms with van der Waals surface area (Å²) in [5.41, 5.74) is 0.275. The molecule has 0 aliphatic rings. The monoisotopic (exact) mass is 315 g/mol. The first-order valence-corrected chi connectivity index (χ1v) is 7.53. The van der Waals surface area contributed by atoms with Crippen molar-refractivity contribution < 1.29 is 13.2 Å². The number of carbonyl (C=O) groups is 1. The highest BCUT2D eigenvalue weighted by Gasteiger charge is 2.18. The Hall–Kier alpha value is -1.62. The molecule has 1 aromatic rings. The second-order valence-corrected chi connectivity index (χ2v) is 6.34. The lowest BCUT2D eigenvalue weighted by Gasteiger charge is -2.11. The van der Waals surface area contributed by atoms with Gasteiger partial charge < -0.3 is 4.90 Å². The maximum Gasteiger partial charge on any atom is 0.242 e. The van der Waals surface area contributed by atoms with Crippen molar-refractivity contribution in [3.05, 3.63) is 28.8 Å². The van der Waals surface area contributed by atoms with Crippen molar-refractivity contribution in [1.29, 1.82) is 5.26 Å². The predicted molar refractivity (Wildman–Crippen MR) is 74.7 cm³/mol. The van der Waals surface area contributed by atoms with E-state index in [1.165, 1.54) is 23.1 Å². The van der Waals surface area contributed by atoms with E-state index >= 15 is 0 Å². The van der Waals surface area contributed by atoms with E-state index in [4.69, 9.17) is 16.9 Å². The van der Waals surface area contributed by atoms with Crippen LogP contribution in [-0.2, 0) is 14.8 Å². The van der Waals surface area contributed by atoms with Gasteiger partial charge in [-0.25, -0.2) is 13.1 Å². The van der Waals surface area contributed by atoms with Gasteiger partial charge in [-0.2, -0.15) is 5.26 Å². The Bertz CT molecular complexity index is 650. The molecule has 0 saturated carbocycles. The summed E-state index contributed by atoms with van der Waals surface area (Å²) in [6.07, 6.45) is 0.0557. The van der Waals surface area contributed by atoms with Crippen molar-refractivity contribution in [3.8, 4) is 6.07 Å². The number of hydrogen-bond donors (Lipinski definition) is 1. The number of carbonyl (C=O) groups excluding carboxylic acids is 1. The first kappa shape index (κ1) is 16.4. The van der Waals surface area contributed by atoms with Gasteiger partial charge in [0.1, 0.15) is 4.90 Å². The fraction of sp³-hybridized carbons (Fsp3) is 0.333. The molecule has 0 radical (unpaired) electrons. The molecule has 0 heterocycles. The van der Waals surface area contributed by atoms with E-state index in [1.807, 2.05) is 6.07 Å². The molecule has 0 bridgehead atoms. The Morgan fingerprint density at radius 3 is 2.60 bits per heavy atom. The smallest absolute Gasteiger partial charge is 0.242 e. The van der Waals surface area contributed by atoms with Gasteiger partial charge in [-0.3, -0.25) is 4.79 Å². The van der Waals surface area contributed by atoms with E-state index in [0.29, 0.717) is 0 Å². The minimum Gasteiger partial charge on any atom is -0.349 e. The number of hydrogen-bond acceptors (Lipinski definition) is 4. The highest BCUT2D eigenvalue weighted by molar-refractivity contribution is 7.89. The van der Waals surface area contributed by atoms with E-state index < -0.39 is 10.0 Å². The van der Waals surface area contributed by atoms with Gasteiger partial charge in [0.2, 0.25) is 15.9 Å². The van der Waals surface area contributed by atoms with Crippen LogP contribution in [0.4, 0.5) is 0 Å². The van der Waals surface area contributed by atoms with Crippen LogP contribution in [-0.4, -0.2) is 39.9 Å². The zero-order chi connectivity index (χ0) is 15.3. The molecule has 0 spiro atoms. The Balaban J connectivity index is 2.80. The minimum absolute atomic E-state index is 0.0182. The molecule has 1 amide bonds. The molecule has 20 heavy (non-hydrogen) atoms. The van der Waals surface area contributed by atoms with E-state index in [-0.39, 0.29) is 34.4 Å². The van der Waals surface area contributed by atoms with Gasteiger partial charge in [0.15, 0.2) is 0 Å². The van der Waals surface area contributed by atoms with Crippen molar-refractivity contribution in [2.45, 2.75) is 11.3 Å². The van der Waals surface area contributed by atoms with Crippen molar-refractivity contribution in [3.63, 3.8) is 0 Å². The van der Waals surface area contributed by atoms with Crippen LogP contribution >= 0.6 is 11.6 Å². The SMILES string of the molecule is CN(C)C(=O)CCNS(=O)(=O)c1ccc(C#N)cc1Cl. The van der Waals surface area contributed by atoms with E-state index in [0.717, 1.165) is 0 Å². The van der Waals surface area contributed by atoms with Gasteiger partial charge >= 0.3 is 0 Å². The second-order valence-electron chi connectivity index (χ2n) is 4.19. The number of benzene rings is 1. The molecule has 0 fully saturated rings. The summed E-state index contributed by atoms with van der Waals surface area (Å²) in [6, 6.07) is 5.77. The van der Waals surface area contributed by atoms with Crippen LogP contribution in [0.2, 0.25) is 5.02 Å². The molecule has 1 N–H and O–H groups in total. The molecule has 1 aromatic carbocycles. The normalized spacial score (nSPS) is 10.9. The molecule has 0 aliphatic carbocycles. The molecule has 8 heteroatoms. The van der Waals surface area contributed by atoms with Crippen LogP contribution in [0.3, 0.4) is 0 Å². The number of nitrogens with one attached hydrogen (secondary N) is 1. The maximum atomic E-state index is 12.0. The third-order valence-corrected chi connectivity index (χ3v) is 4.42. The standard InChI is InChI=1S/C12H14ClN3O3S/c1-16(2)12(17)5-6-15-20(18,19)11-4-3-9(8-14)7-10(11)13/h3-4,7,15H,5-6H2,1-2H3. The molecule has 0 saturated heterocycles. The average Bonchev–Trinajstić information content (AvgIpc) is 2.37. The Morgan fingerprint density at radius 2 is 2.10 bits per heavy atom. The summed E-state index contributed by atoms with van der Waals surface area (Å²) in [5, 5.41) is 8.66. The minimum atomic E-state index is -3.80. The lowest BCUT2D eigenvalue weighted by molar-refractivity contribution is -0.128. The lowest BCUT2D eigenvalue weighted by atomic mass is 10.2. The lowest BCUT2D eigenvalue weighted by Crippen LogP contribution is -2.30. The summed E-state index contributed by atoms with van der Waals surface area (Å²) >= 11 is 5.84. The Labute approximate surface area is 123 Å². The summed E-state index contributed by atoms with van der Waals surface area (Å²) in [4.78, 5) is 12.6. The quantitative estimate of drug-likeness (QED) is 0.876. The molecule has 0 atom stereocenters. The number of nitriles is 1. The fourth-order valence-electron chi connectivity index (χ4n) is 1.38. The Kier molecular flexibility index (Phi) is 5.51. The van der Waals surface area contributed by atoms with E-state index in [9.17, 15) is 13.2 Å². The van der Waals surface area contributed by atoms with Crippen molar-refractivity contribution in [2.24, 2.45) is 0 Å².